The van der Waals surface area contributed by atoms with Gasteiger partial charge in [-0.1, -0.05) is 12.8 Å². The van der Waals surface area contributed by atoms with Crippen LogP contribution in [0.5, 0.6) is 0 Å². The molecule has 1 amide bonds. The molecule has 2 fully saturated rings. The minimum Gasteiger partial charge on any atom is -0.389 e. The van der Waals surface area contributed by atoms with Crippen molar-refractivity contribution in [1.29, 1.82) is 0 Å². The zero-order valence-corrected chi connectivity index (χ0v) is 14.8. The molecule has 4 nitrogen and oxygen atoms in total. The molecule has 128 valence electrons. The number of carbonyl (C=O) groups is 1. The van der Waals surface area contributed by atoms with Crippen molar-refractivity contribution in [1.82, 2.24) is 9.47 Å². The Morgan fingerprint density at radius 2 is 2.13 bits per heavy atom. The standard InChI is InChI=1S/C18H28N2O2S/c1-23-13-7-16(19-10-4-5-11-19)17(21)20-12-9-18(22)8-3-2-6-15(18)14-20/h4-5,10-11,15-16,22H,2-3,6-9,12-14H2,1H3/t15?,16-,18?/m1/s1. The molecule has 1 aliphatic heterocycles. The lowest BCUT2D eigenvalue weighted by molar-refractivity contribution is -0.146. The number of fused-ring (bicyclic) bond motifs is 1. The van der Waals surface area contributed by atoms with Crippen LogP contribution in [0.3, 0.4) is 0 Å². The Morgan fingerprint density at radius 3 is 2.87 bits per heavy atom. The maximum atomic E-state index is 13.1. The summed E-state index contributed by atoms with van der Waals surface area (Å²) < 4.78 is 2.04. The quantitative estimate of drug-likeness (QED) is 0.899. The second-order valence-electron chi connectivity index (χ2n) is 7.01. The fraction of sp³-hybridized carbons (Fsp3) is 0.722. The lowest BCUT2D eigenvalue weighted by atomic mass is 9.71. The summed E-state index contributed by atoms with van der Waals surface area (Å²) in [6.45, 7) is 1.43. The third kappa shape index (κ3) is 3.61. The summed E-state index contributed by atoms with van der Waals surface area (Å²) in [7, 11) is 0. The van der Waals surface area contributed by atoms with Gasteiger partial charge in [0, 0.05) is 31.4 Å². The van der Waals surface area contributed by atoms with Gasteiger partial charge in [0.25, 0.3) is 0 Å². The molecule has 1 N–H and O–H groups in total. The SMILES string of the molecule is CSCC[C@H](C(=O)N1CCC2(O)CCCCC2C1)n1cccc1. The molecular weight excluding hydrogens is 308 g/mol. The van der Waals surface area contributed by atoms with Crippen LogP contribution in [0.15, 0.2) is 24.5 Å². The van der Waals surface area contributed by atoms with E-state index in [1.165, 1.54) is 6.42 Å². The monoisotopic (exact) mass is 336 g/mol. The van der Waals surface area contributed by atoms with E-state index in [9.17, 15) is 9.90 Å². The number of amides is 1. The molecule has 0 bridgehead atoms. The number of thioether (sulfide) groups is 1. The largest absolute Gasteiger partial charge is 0.389 e. The first-order valence-electron chi connectivity index (χ1n) is 8.76. The Hall–Kier alpha value is -0.940. The topological polar surface area (TPSA) is 45.5 Å². The lowest BCUT2D eigenvalue weighted by Crippen LogP contribution is -2.55. The van der Waals surface area contributed by atoms with Gasteiger partial charge < -0.3 is 14.6 Å². The number of piperidine rings is 1. The smallest absolute Gasteiger partial charge is 0.245 e. The summed E-state index contributed by atoms with van der Waals surface area (Å²) in [5.41, 5.74) is -0.517. The third-order valence-corrected chi connectivity index (χ3v) is 6.25. The van der Waals surface area contributed by atoms with E-state index in [-0.39, 0.29) is 17.9 Å². The van der Waals surface area contributed by atoms with Crippen molar-refractivity contribution < 1.29 is 9.90 Å². The van der Waals surface area contributed by atoms with Gasteiger partial charge in [-0.15, -0.1) is 0 Å². The third-order valence-electron chi connectivity index (χ3n) is 5.61. The first kappa shape index (κ1) is 16.9. The number of aliphatic hydroxyl groups is 1. The summed E-state index contributed by atoms with van der Waals surface area (Å²) in [4.78, 5) is 15.1. The molecule has 1 aliphatic carbocycles. The highest BCUT2D eigenvalue weighted by Gasteiger charge is 2.44. The summed E-state index contributed by atoms with van der Waals surface area (Å²) in [5, 5.41) is 10.8. The van der Waals surface area contributed by atoms with E-state index in [0.717, 1.165) is 44.4 Å². The van der Waals surface area contributed by atoms with E-state index in [1.807, 2.05) is 34.0 Å². The van der Waals surface area contributed by atoms with Crippen molar-refractivity contribution in [2.75, 3.05) is 25.1 Å². The van der Waals surface area contributed by atoms with Crippen molar-refractivity contribution >= 4 is 17.7 Å². The van der Waals surface area contributed by atoms with Crippen LogP contribution in [0, 0.1) is 5.92 Å². The molecule has 0 aromatic carbocycles. The lowest BCUT2D eigenvalue weighted by Gasteiger charge is -2.48. The van der Waals surface area contributed by atoms with Crippen LogP contribution >= 0.6 is 11.8 Å². The molecular formula is C18H28N2O2S. The Bertz CT molecular complexity index is 519. The van der Waals surface area contributed by atoms with E-state index >= 15 is 0 Å². The predicted molar refractivity (Wildman–Crippen MR) is 94.6 cm³/mol. The number of likely N-dealkylation sites (tertiary alicyclic amines) is 1. The summed E-state index contributed by atoms with van der Waals surface area (Å²) in [6.07, 6.45) is 11.9. The van der Waals surface area contributed by atoms with Crippen LogP contribution in [0.4, 0.5) is 0 Å². The maximum Gasteiger partial charge on any atom is 0.245 e. The van der Waals surface area contributed by atoms with Crippen LogP contribution < -0.4 is 0 Å². The van der Waals surface area contributed by atoms with E-state index in [4.69, 9.17) is 0 Å². The zero-order valence-electron chi connectivity index (χ0n) is 14.0. The van der Waals surface area contributed by atoms with Gasteiger partial charge in [-0.25, -0.2) is 0 Å². The fourth-order valence-electron chi connectivity index (χ4n) is 4.17. The number of hydrogen-bond donors (Lipinski definition) is 1. The number of aromatic nitrogens is 1. The van der Waals surface area contributed by atoms with Crippen LogP contribution in [0.2, 0.25) is 0 Å². The first-order chi connectivity index (χ1) is 11.1. The van der Waals surface area contributed by atoms with Gasteiger partial charge in [0.05, 0.1) is 5.60 Å². The fourth-order valence-corrected chi connectivity index (χ4v) is 4.63. The number of rotatable bonds is 5. The van der Waals surface area contributed by atoms with Gasteiger partial charge in [-0.2, -0.15) is 11.8 Å². The maximum absolute atomic E-state index is 13.1. The minimum atomic E-state index is -0.517. The number of carbonyl (C=O) groups excluding carboxylic acids is 1. The minimum absolute atomic E-state index is 0.104. The summed E-state index contributed by atoms with van der Waals surface area (Å²) >= 11 is 1.78. The normalized spacial score (nSPS) is 29.1. The second kappa shape index (κ2) is 7.31. The highest BCUT2D eigenvalue weighted by molar-refractivity contribution is 7.98. The van der Waals surface area contributed by atoms with E-state index in [2.05, 4.69) is 6.26 Å². The van der Waals surface area contributed by atoms with Crippen LogP contribution in [0.25, 0.3) is 0 Å². The highest BCUT2D eigenvalue weighted by Crippen LogP contribution is 2.40. The van der Waals surface area contributed by atoms with Gasteiger partial charge >= 0.3 is 0 Å². The Balaban J connectivity index is 1.70. The Kier molecular flexibility index (Phi) is 5.37. The molecule has 23 heavy (non-hydrogen) atoms. The van der Waals surface area contributed by atoms with Gasteiger partial charge in [-0.3, -0.25) is 4.79 Å². The molecule has 2 unspecified atom stereocenters. The van der Waals surface area contributed by atoms with Crippen LogP contribution in [-0.2, 0) is 4.79 Å². The molecule has 0 spiro atoms. The van der Waals surface area contributed by atoms with Crippen molar-refractivity contribution in [3.63, 3.8) is 0 Å². The molecule has 1 aromatic rings. The molecule has 2 aliphatic rings. The average molecular weight is 337 g/mol. The molecule has 1 saturated carbocycles. The van der Waals surface area contributed by atoms with Crippen molar-refractivity contribution in [2.24, 2.45) is 5.92 Å². The molecule has 1 saturated heterocycles. The molecule has 3 atom stereocenters. The molecule has 0 radical (unpaired) electrons. The van der Waals surface area contributed by atoms with E-state index < -0.39 is 5.60 Å². The molecule has 5 heteroatoms. The average Bonchev–Trinajstić information content (AvgIpc) is 3.08. The zero-order chi connectivity index (χ0) is 16.3. The van der Waals surface area contributed by atoms with Crippen LogP contribution in [0.1, 0.15) is 44.6 Å². The van der Waals surface area contributed by atoms with Gasteiger partial charge in [0.15, 0.2) is 0 Å². The second-order valence-corrected chi connectivity index (χ2v) is 7.99. The van der Waals surface area contributed by atoms with E-state index in [1.54, 1.807) is 11.8 Å². The van der Waals surface area contributed by atoms with Crippen molar-refractivity contribution in [3.8, 4) is 0 Å². The van der Waals surface area contributed by atoms with Crippen molar-refractivity contribution in [2.45, 2.75) is 50.2 Å². The van der Waals surface area contributed by atoms with Gasteiger partial charge in [-0.05, 0) is 49.8 Å². The molecule has 2 heterocycles. The van der Waals surface area contributed by atoms with Crippen molar-refractivity contribution in [3.05, 3.63) is 24.5 Å². The highest BCUT2D eigenvalue weighted by atomic mass is 32.2. The molecule has 3 rings (SSSR count). The number of hydrogen-bond acceptors (Lipinski definition) is 3. The Morgan fingerprint density at radius 1 is 1.35 bits per heavy atom. The number of nitrogens with zero attached hydrogens (tertiary/aromatic N) is 2. The summed E-state index contributed by atoms with van der Waals surface area (Å²) in [6, 6.07) is 3.86. The van der Waals surface area contributed by atoms with E-state index in [0.29, 0.717) is 6.54 Å². The van der Waals surface area contributed by atoms with Gasteiger partial charge in [0.2, 0.25) is 5.91 Å². The predicted octanol–water partition coefficient (Wildman–Crippen LogP) is 2.94. The van der Waals surface area contributed by atoms with Gasteiger partial charge in [0.1, 0.15) is 6.04 Å². The summed E-state index contributed by atoms with van der Waals surface area (Å²) in [5.74, 6) is 1.47. The molecule has 1 aromatic heterocycles. The first-order valence-corrected chi connectivity index (χ1v) is 10.2. The Labute approximate surface area is 143 Å². The van der Waals surface area contributed by atoms with Crippen LogP contribution in [-0.4, -0.2) is 51.2 Å².